The summed E-state index contributed by atoms with van der Waals surface area (Å²) in [5.41, 5.74) is 1.88. The van der Waals surface area contributed by atoms with E-state index in [2.05, 4.69) is 20.6 Å². The van der Waals surface area contributed by atoms with Crippen molar-refractivity contribution in [3.8, 4) is 0 Å². The van der Waals surface area contributed by atoms with Gasteiger partial charge >= 0.3 is 6.01 Å². The van der Waals surface area contributed by atoms with Crippen molar-refractivity contribution in [2.75, 3.05) is 19.0 Å². The number of methoxy groups -OCH3 is 1. The van der Waals surface area contributed by atoms with Gasteiger partial charge in [0.15, 0.2) is 5.82 Å². The van der Waals surface area contributed by atoms with Gasteiger partial charge in [-0.25, -0.2) is 4.68 Å². The lowest BCUT2D eigenvalue weighted by atomic mass is 9.91. The maximum Gasteiger partial charge on any atom is 0.321 e. The highest BCUT2D eigenvalue weighted by Crippen LogP contribution is 2.29. The minimum Gasteiger partial charge on any atom is -0.377 e. The van der Waals surface area contributed by atoms with Gasteiger partial charge in [-0.05, 0) is 25.7 Å². The molecule has 0 unspecified atom stereocenters. The zero-order chi connectivity index (χ0) is 17.9. The van der Waals surface area contributed by atoms with E-state index in [1.165, 1.54) is 0 Å². The molecule has 0 radical (unpaired) electrons. The Kier molecular flexibility index (Phi) is 4.98. The number of nitrogens with one attached hydrogen (secondary N) is 1. The summed E-state index contributed by atoms with van der Waals surface area (Å²) < 4.78 is 17.2. The molecule has 1 saturated carbocycles. The van der Waals surface area contributed by atoms with E-state index in [0.29, 0.717) is 31.7 Å². The van der Waals surface area contributed by atoms with Gasteiger partial charge in [-0.15, -0.1) is 0 Å². The van der Waals surface area contributed by atoms with Crippen molar-refractivity contribution < 1.29 is 14.0 Å². The van der Waals surface area contributed by atoms with Crippen LogP contribution in [-0.4, -0.2) is 39.7 Å². The molecule has 3 heterocycles. The van der Waals surface area contributed by atoms with Gasteiger partial charge in [-0.1, -0.05) is 5.16 Å². The first-order chi connectivity index (χ1) is 12.7. The number of aromatic nitrogens is 4. The molecule has 0 atom stereocenters. The Morgan fingerprint density at radius 3 is 3.00 bits per heavy atom. The van der Waals surface area contributed by atoms with Crippen molar-refractivity contribution in [3.05, 3.63) is 33.5 Å². The summed E-state index contributed by atoms with van der Waals surface area (Å²) >= 11 is 0. The molecular weight excluding hydrogens is 338 g/mol. The van der Waals surface area contributed by atoms with E-state index in [0.717, 1.165) is 43.4 Å². The van der Waals surface area contributed by atoms with Crippen LogP contribution in [0.4, 0.5) is 6.01 Å². The number of nitrogens with zero attached hydrogens (tertiary/aromatic N) is 4. The number of fused-ring (bicyclic) bond motifs is 1. The third-order valence-electron chi connectivity index (χ3n) is 4.98. The molecule has 1 fully saturated rings. The maximum atomic E-state index is 12.4. The normalized spacial score (nSPS) is 22.8. The first-order valence-corrected chi connectivity index (χ1v) is 9.00. The maximum absolute atomic E-state index is 12.4. The van der Waals surface area contributed by atoms with Gasteiger partial charge in [0.05, 0.1) is 24.9 Å². The molecule has 4 rings (SSSR count). The van der Waals surface area contributed by atoms with Crippen molar-refractivity contribution in [1.82, 2.24) is 19.9 Å². The van der Waals surface area contributed by atoms with Gasteiger partial charge in [-0.3, -0.25) is 4.79 Å². The second-order valence-electron chi connectivity index (χ2n) is 6.80. The molecule has 2 aliphatic rings. The third-order valence-corrected chi connectivity index (χ3v) is 4.98. The molecule has 2 aromatic rings. The van der Waals surface area contributed by atoms with Gasteiger partial charge in [0.1, 0.15) is 6.61 Å². The molecule has 26 heavy (non-hydrogen) atoms. The summed E-state index contributed by atoms with van der Waals surface area (Å²) in [6.07, 6.45) is 4.38. The molecule has 9 heteroatoms. The van der Waals surface area contributed by atoms with Crippen LogP contribution in [0.1, 0.15) is 48.8 Å². The van der Waals surface area contributed by atoms with Crippen molar-refractivity contribution in [3.63, 3.8) is 0 Å². The monoisotopic (exact) mass is 361 g/mol. The summed E-state index contributed by atoms with van der Waals surface area (Å²) in [6, 6.07) is 2.50. The fourth-order valence-electron chi connectivity index (χ4n) is 3.63. The van der Waals surface area contributed by atoms with Gasteiger partial charge in [0.2, 0.25) is 0 Å². The van der Waals surface area contributed by atoms with E-state index in [4.69, 9.17) is 14.0 Å². The lowest BCUT2D eigenvalue weighted by Gasteiger charge is -2.29. The van der Waals surface area contributed by atoms with Crippen molar-refractivity contribution >= 4 is 6.01 Å². The summed E-state index contributed by atoms with van der Waals surface area (Å²) in [7, 11) is 1.59. The molecule has 0 spiro atoms. The molecule has 0 amide bonds. The van der Waals surface area contributed by atoms with E-state index in [9.17, 15) is 4.79 Å². The number of anilines is 1. The Labute approximate surface area is 150 Å². The Morgan fingerprint density at radius 1 is 1.35 bits per heavy atom. The first kappa shape index (κ1) is 17.2. The molecule has 0 saturated heterocycles. The third kappa shape index (κ3) is 3.63. The Hall–Kier alpha value is -2.26. The van der Waals surface area contributed by atoms with E-state index in [-0.39, 0.29) is 17.6 Å². The van der Waals surface area contributed by atoms with Crippen molar-refractivity contribution in [2.24, 2.45) is 0 Å². The molecular formula is C17H23N5O4. The number of hydrogen-bond donors (Lipinski definition) is 1. The minimum atomic E-state index is -0.0354. The highest BCUT2D eigenvalue weighted by Gasteiger charge is 2.26. The standard InChI is InChI=1S/C17H23N5O4/c1-24-10-15-19-17(26-21-15)18-12-2-4-13(5-3-12)22-16(23)8-11-9-25-7-6-14(11)20-22/h8,12-13H,2-7,9-10H2,1H3,(H,18,19,21). The Bertz CT molecular complexity index is 810. The van der Waals surface area contributed by atoms with Crippen LogP contribution in [0.5, 0.6) is 0 Å². The SMILES string of the molecule is COCc1noc(NC2CCC(n3nc4c(cc3=O)COCC4)CC2)n1. The average Bonchev–Trinajstić information content (AvgIpc) is 3.09. The summed E-state index contributed by atoms with van der Waals surface area (Å²) in [6.45, 7) is 1.49. The second kappa shape index (κ2) is 7.55. The average molecular weight is 361 g/mol. The van der Waals surface area contributed by atoms with Gasteiger partial charge in [0, 0.05) is 31.2 Å². The fraction of sp³-hybridized carbons (Fsp3) is 0.647. The Balaban J connectivity index is 1.38. The van der Waals surface area contributed by atoms with Crippen LogP contribution in [0, 0.1) is 0 Å². The van der Waals surface area contributed by atoms with Crippen molar-refractivity contribution in [1.29, 1.82) is 0 Å². The highest BCUT2D eigenvalue weighted by atomic mass is 16.5. The molecule has 140 valence electrons. The molecule has 2 aromatic heterocycles. The Morgan fingerprint density at radius 2 is 2.19 bits per heavy atom. The molecule has 9 nitrogen and oxygen atoms in total. The van der Waals surface area contributed by atoms with Crippen molar-refractivity contribution in [2.45, 2.75) is 57.4 Å². The van der Waals surface area contributed by atoms with E-state index >= 15 is 0 Å². The minimum absolute atomic E-state index is 0.0354. The van der Waals surface area contributed by atoms with E-state index in [1.54, 1.807) is 17.9 Å². The molecule has 1 aliphatic heterocycles. The van der Waals surface area contributed by atoms with Gasteiger partial charge < -0.3 is 19.3 Å². The summed E-state index contributed by atoms with van der Waals surface area (Å²) in [4.78, 5) is 16.7. The molecule has 0 aromatic carbocycles. The molecule has 0 bridgehead atoms. The quantitative estimate of drug-likeness (QED) is 0.853. The van der Waals surface area contributed by atoms with Crippen LogP contribution in [-0.2, 0) is 29.1 Å². The smallest absolute Gasteiger partial charge is 0.321 e. The zero-order valence-corrected chi connectivity index (χ0v) is 14.8. The first-order valence-electron chi connectivity index (χ1n) is 9.00. The highest BCUT2D eigenvalue weighted by molar-refractivity contribution is 5.21. The van der Waals surface area contributed by atoms with Crippen LogP contribution < -0.4 is 10.9 Å². The largest absolute Gasteiger partial charge is 0.377 e. The predicted molar refractivity (Wildman–Crippen MR) is 91.8 cm³/mol. The zero-order valence-electron chi connectivity index (χ0n) is 14.8. The second-order valence-corrected chi connectivity index (χ2v) is 6.80. The number of rotatable bonds is 5. The summed E-state index contributed by atoms with van der Waals surface area (Å²) in [5.74, 6) is 0.525. The van der Waals surface area contributed by atoms with Crippen LogP contribution in [0.2, 0.25) is 0 Å². The van der Waals surface area contributed by atoms with Crippen LogP contribution in [0.3, 0.4) is 0 Å². The van der Waals surface area contributed by atoms with Crippen LogP contribution in [0.25, 0.3) is 0 Å². The lowest BCUT2D eigenvalue weighted by molar-refractivity contribution is 0.107. The molecule has 1 N–H and O–H groups in total. The van der Waals surface area contributed by atoms with E-state index < -0.39 is 0 Å². The van der Waals surface area contributed by atoms with Crippen LogP contribution >= 0.6 is 0 Å². The van der Waals surface area contributed by atoms with E-state index in [1.807, 2.05) is 0 Å². The van der Waals surface area contributed by atoms with Gasteiger partial charge in [-0.2, -0.15) is 10.1 Å². The molecule has 1 aliphatic carbocycles. The van der Waals surface area contributed by atoms with Crippen LogP contribution in [0.15, 0.2) is 15.4 Å². The topological polar surface area (TPSA) is 104 Å². The fourth-order valence-corrected chi connectivity index (χ4v) is 3.63. The summed E-state index contributed by atoms with van der Waals surface area (Å²) in [5, 5.41) is 11.7. The van der Waals surface area contributed by atoms with Gasteiger partial charge in [0.25, 0.3) is 5.56 Å². The number of hydrogen-bond acceptors (Lipinski definition) is 8. The predicted octanol–water partition coefficient (Wildman–Crippen LogP) is 1.44. The number of ether oxygens (including phenoxy) is 2. The lowest BCUT2D eigenvalue weighted by Crippen LogP contribution is -2.35.